The number of allylic oxidation sites excluding steroid dienone is 3. The van der Waals surface area contributed by atoms with Crippen LogP contribution in [-0.4, -0.2) is 17.7 Å². The van der Waals surface area contributed by atoms with Gasteiger partial charge in [0.1, 0.15) is 5.83 Å². The molecule has 0 aliphatic heterocycles. The maximum absolute atomic E-state index is 13.4. The molecule has 0 radical (unpaired) electrons. The van der Waals surface area contributed by atoms with Crippen molar-refractivity contribution in [3.8, 4) is 0 Å². The molecule has 0 aromatic heterocycles. The van der Waals surface area contributed by atoms with Crippen molar-refractivity contribution in [3.63, 3.8) is 0 Å². The Bertz CT molecular complexity index is 342. The zero-order valence-electron chi connectivity index (χ0n) is 6.46. The van der Waals surface area contributed by atoms with Crippen molar-refractivity contribution in [1.82, 2.24) is 0 Å². The Morgan fingerprint density at radius 3 is 2.92 bits per heavy atom. The van der Waals surface area contributed by atoms with Crippen LogP contribution in [0.4, 0.5) is 8.78 Å². The number of halogens is 2. The second-order valence-electron chi connectivity index (χ2n) is 2.51. The van der Waals surface area contributed by atoms with Crippen LogP contribution in [0.1, 0.15) is 6.42 Å². The van der Waals surface area contributed by atoms with E-state index in [9.17, 15) is 18.4 Å². The molecule has 0 aromatic carbocycles. The highest BCUT2D eigenvalue weighted by atomic mass is 19.1. The minimum absolute atomic E-state index is 0.315. The molecule has 5 heteroatoms. The molecule has 0 bridgehead atoms. The number of rotatable bonds is 1. The number of alkyl halides is 1. The highest BCUT2D eigenvalue weighted by Gasteiger charge is 2.37. The van der Waals surface area contributed by atoms with E-state index in [0.717, 1.165) is 18.2 Å². The normalized spacial score (nSPS) is 26.2. The van der Waals surface area contributed by atoms with Crippen molar-refractivity contribution >= 4 is 12.0 Å². The van der Waals surface area contributed by atoms with Gasteiger partial charge in [-0.05, 0) is 12.2 Å². The van der Waals surface area contributed by atoms with E-state index in [1.54, 1.807) is 0 Å². The van der Waals surface area contributed by atoms with Crippen molar-refractivity contribution in [1.29, 1.82) is 0 Å². The van der Waals surface area contributed by atoms with Crippen LogP contribution in [0.25, 0.3) is 0 Å². The summed E-state index contributed by atoms with van der Waals surface area (Å²) in [5, 5.41) is 0. The Kier molecular flexibility index (Phi) is 2.49. The first-order chi connectivity index (χ1) is 6.08. The first kappa shape index (κ1) is 9.48. The average molecular weight is 185 g/mol. The van der Waals surface area contributed by atoms with E-state index < -0.39 is 17.4 Å². The van der Waals surface area contributed by atoms with Gasteiger partial charge < -0.3 is 0 Å². The number of hydrogen-bond donors (Lipinski definition) is 0. The third-order valence-electron chi connectivity index (χ3n) is 1.56. The van der Waals surface area contributed by atoms with Gasteiger partial charge in [-0.1, -0.05) is 6.08 Å². The van der Waals surface area contributed by atoms with Gasteiger partial charge >= 0.3 is 0 Å². The molecule has 13 heavy (non-hydrogen) atoms. The van der Waals surface area contributed by atoms with E-state index in [-0.39, 0.29) is 6.42 Å². The summed E-state index contributed by atoms with van der Waals surface area (Å²) in [5.74, 6) is -2.19. The van der Waals surface area contributed by atoms with Crippen molar-refractivity contribution in [2.75, 3.05) is 0 Å². The highest BCUT2D eigenvalue weighted by molar-refractivity contribution is 5.91. The van der Waals surface area contributed by atoms with Gasteiger partial charge in [0.05, 0.1) is 0 Å². The predicted molar refractivity (Wildman–Crippen MR) is 39.9 cm³/mol. The van der Waals surface area contributed by atoms with Gasteiger partial charge in [-0.2, -0.15) is 0 Å². The third-order valence-corrected chi connectivity index (χ3v) is 1.56. The third kappa shape index (κ3) is 1.95. The number of carbonyl (C=O) groups is 1. The van der Waals surface area contributed by atoms with Gasteiger partial charge in [-0.3, -0.25) is 4.79 Å². The highest BCUT2D eigenvalue weighted by Crippen LogP contribution is 2.27. The van der Waals surface area contributed by atoms with Gasteiger partial charge in [-0.15, -0.1) is 4.99 Å². The number of carbonyl (C=O) groups excluding carboxylic acids is 2. The molecule has 0 aromatic rings. The van der Waals surface area contributed by atoms with Crippen LogP contribution in [0.3, 0.4) is 0 Å². The summed E-state index contributed by atoms with van der Waals surface area (Å²) < 4.78 is 25.9. The Hall–Kier alpha value is -1.61. The lowest BCUT2D eigenvalue weighted by Gasteiger charge is -2.17. The second-order valence-corrected chi connectivity index (χ2v) is 2.51. The molecule has 1 amide bonds. The van der Waals surface area contributed by atoms with Crippen LogP contribution >= 0.6 is 0 Å². The Morgan fingerprint density at radius 1 is 1.69 bits per heavy atom. The summed E-state index contributed by atoms with van der Waals surface area (Å²) in [6.07, 6.45) is 3.29. The first-order valence-electron chi connectivity index (χ1n) is 3.44. The Morgan fingerprint density at radius 2 is 2.38 bits per heavy atom. The fraction of sp³-hybridized carbons (Fsp3) is 0.250. The van der Waals surface area contributed by atoms with Crippen LogP contribution in [0, 0.1) is 0 Å². The smallest absolute Gasteiger partial charge is 0.268 e. The molecule has 68 valence electrons. The second kappa shape index (κ2) is 3.41. The van der Waals surface area contributed by atoms with E-state index in [0.29, 0.717) is 6.08 Å². The van der Waals surface area contributed by atoms with Crippen molar-refractivity contribution in [3.05, 3.63) is 24.1 Å². The molecule has 1 aliphatic carbocycles. The summed E-state index contributed by atoms with van der Waals surface area (Å²) in [6.45, 7) is 0. The van der Waals surface area contributed by atoms with Gasteiger partial charge in [0.2, 0.25) is 11.7 Å². The van der Waals surface area contributed by atoms with Gasteiger partial charge in [0, 0.05) is 6.42 Å². The zero-order valence-corrected chi connectivity index (χ0v) is 6.46. The van der Waals surface area contributed by atoms with Crippen LogP contribution in [0.5, 0.6) is 0 Å². The molecule has 1 atom stereocenters. The van der Waals surface area contributed by atoms with Crippen LogP contribution in [0.15, 0.2) is 29.0 Å². The Balaban J connectivity index is 2.96. The fourth-order valence-corrected chi connectivity index (χ4v) is 0.952. The summed E-state index contributed by atoms with van der Waals surface area (Å²) in [5.41, 5.74) is -2.53. The molecule has 0 N–H and O–H groups in total. The minimum Gasteiger partial charge on any atom is -0.268 e. The van der Waals surface area contributed by atoms with Crippen LogP contribution < -0.4 is 0 Å². The molecule has 1 rings (SSSR count). The number of aliphatic imine (C=N–C) groups is 1. The largest absolute Gasteiger partial charge is 0.298 e. The standard InChI is InChI=1S/C8H5F2NO2/c9-6-2-1-3-8(10,4-6)7(13)11-5-12/h1-2,4H,3H2. The van der Waals surface area contributed by atoms with Crippen molar-refractivity contribution in [2.45, 2.75) is 12.1 Å². The summed E-state index contributed by atoms with van der Waals surface area (Å²) in [6, 6.07) is 0. The lowest BCUT2D eigenvalue weighted by atomic mass is 9.96. The van der Waals surface area contributed by atoms with Crippen molar-refractivity contribution < 1.29 is 18.4 Å². The van der Waals surface area contributed by atoms with E-state index in [2.05, 4.69) is 4.99 Å². The van der Waals surface area contributed by atoms with E-state index in [1.807, 2.05) is 0 Å². The van der Waals surface area contributed by atoms with Gasteiger partial charge in [-0.25, -0.2) is 13.6 Å². The summed E-state index contributed by atoms with van der Waals surface area (Å²) in [4.78, 5) is 23.1. The molecule has 1 aliphatic rings. The molecule has 0 heterocycles. The molecule has 3 nitrogen and oxygen atoms in total. The number of amides is 1. The molecule has 0 spiro atoms. The predicted octanol–water partition coefficient (Wildman–Crippen LogP) is 1.37. The maximum Gasteiger partial charge on any atom is 0.298 e. The van der Waals surface area contributed by atoms with Gasteiger partial charge in [0.15, 0.2) is 0 Å². The molecular formula is C8H5F2NO2. The number of nitrogens with zero attached hydrogens (tertiary/aromatic N) is 1. The quantitative estimate of drug-likeness (QED) is 0.457. The summed E-state index contributed by atoms with van der Waals surface area (Å²) in [7, 11) is 0. The topological polar surface area (TPSA) is 46.5 Å². The average Bonchev–Trinajstić information content (AvgIpc) is 2.04. The van der Waals surface area contributed by atoms with Gasteiger partial charge in [0.25, 0.3) is 5.91 Å². The van der Waals surface area contributed by atoms with Crippen LogP contribution in [0.2, 0.25) is 0 Å². The molecule has 0 fully saturated rings. The summed E-state index contributed by atoms with van der Waals surface area (Å²) >= 11 is 0. The number of hydrogen-bond acceptors (Lipinski definition) is 2. The lowest BCUT2D eigenvalue weighted by Crippen LogP contribution is -2.30. The number of isocyanates is 1. The van der Waals surface area contributed by atoms with E-state index >= 15 is 0 Å². The Labute approximate surface area is 72.5 Å². The SMILES string of the molecule is O=C=NC(=O)C1(F)C=C(F)C=CC1. The van der Waals surface area contributed by atoms with E-state index in [4.69, 9.17) is 0 Å². The molecule has 1 unspecified atom stereocenters. The molecule has 0 saturated heterocycles. The molecule has 0 saturated carbocycles. The zero-order chi connectivity index (χ0) is 9.90. The maximum atomic E-state index is 13.4. The monoisotopic (exact) mass is 185 g/mol. The van der Waals surface area contributed by atoms with E-state index in [1.165, 1.54) is 0 Å². The minimum atomic E-state index is -2.53. The van der Waals surface area contributed by atoms with Crippen molar-refractivity contribution in [2.24, 2.45) is 4.99 Å². The lowest BCUT2D eigenvalue weighted by molar-refractivity contribution is -0.126. The van der Waals surface area contributed by atoms with Crippen LogP contribution in [-0.2, 0) is 9.59 Å². The molecular weight excluding hydrogens is 180 g/mol. The fourth-order valence-electron chi connectivity index (χ4n) is 0.952. The first-order valence-corrected chi connectivity index (χ1v) is 3.44.